The molecule has 1 aromatic carbocycles. The molecule has 0 saturated carbocycles. The van der Waals surface area contributed by atoms with E-state index in [1.54, 1.807) is 18.5 Å². The maximum absolute atomic E-state index is 11.5. The Morgan fingerprint density at radius 3 is 2.82 bits per heavy atom. The number of esters is 1. The van der Waals surface area contributed by atoms with Crippen molar-refractivity contribution in [3.05, 3.63) is 47.0 Å². The zero-order valence-electron chi connectivity index (χ0n) is 16.4. The van der Waals surface area contributed by atoms with Crippen LogP contribution in [0, 0.1) is 0 Å². The molecule has 7 nitrogen and oxygen atoms in total. The summed E-state index contributed by atoms with van der Waals surface area (Å²) in [7, 11) is 0. The highest BCUT2D eigenvalue weighted by Gasteiger charge is 2.08. The third-order valence-electron chi connectivity index (χ3n) is 3.30. The number of hydrogen-bond acceptors (Lipinski definition) is 8. The molecule has 0 saturated heterocycles. The second-order valence-electron chi connectivity index (χ2n) is 5.88. The molecule has 0 atom stereocenters. The maximum atomic E-state index is 11.5. The molecule has 0 unspecified atom stereocenters. The Kier molecular flexibility index (Phi) is 8.48. The number of anilines is 1. The van der Waals surface area contributed by atoms with Crippen LogP contribution in [0.1, 0.15) is 32.0 Å². The first-order chi connectivity index (χ1) is 13.5. The van der Waals surface area contributed by atoms with E-state index in [0.29, 0.717) is 42.1 Å². The molecular weight excluding hydrogens is 378 g/mol. The number of carbonyl (C=O) groups excluding carboxylic acids is 1. The molecule has 0 aliphatic rings. The zero-order chi connectivity index (χ0) is 20.4. The molecule has 0 radical (unpaired) electrons. The van der Waals surface area contributed by atoms with Crippen LogP contribution in [0.3, 0.4) is 0 Å². The fourth-order valence-electron chi connectivity index (χ4n) is 2.15. The van der Waals surface area contributed by atoms with Gasteiger partial charge in [0, 0.05) is 5.38 Å². The number of aromatic nitrogens is 1. The van der Waals surface area contributed by atoms with Crippen molar-refractivity contribution in [2.75, 3.05) is 25.2 Å². The van der Waals surface area contributed by atoms with Gasteiger partial charge in [0.1, 0.15) is 6.61 Å². The van der Waals surface area contributed by atoms with Crippen molar-refractivity contribution in [1.29, 1.82) is 0 Å². The van der Waals surface area contributed by atoms with E-state index in [2.05, 4.69) is 22.1 Å². The number of benzene rings is 1. The van der Waals surface area contributed by atoms with Crippen molar-refractivity contribution < 1.29 is 19.0 Å². The smallest absolute Gasteiger partial charge is 0.311 e. The fourth-order valence-corrected chi connectivity index (χ4v) is 2.81. The molecule has 0 fully saturated rings. The van der Waals surface area contributed by atoms with Crippen LogP contribution in [0.4, 0.5) is 5.13 Å². The van der Waals surface area contributed by atoms with Crippen molar-refractivity contribution in [3.8, 4) is 11.5 Å². The van der Waals surface area contributed by atoms with Gasteiger partial charge in [-0.1, -0.05) is 6.58 Å². The lowest BCUT2D eigenvalue weighted by molar-refractivity contribution is -0.142. The molecule has 0 aliphatic heterocycles. The highest BCUT2D eigenvalue weighted by Crippen LogP contribution is 2.28. The molecule has 2 aromatic rings. The fraction of sp³-hybridized carbons (Fsp3) is 0.350. The molecule has 28 heavy (non-hydrogen) atoms. The first-order valence-electron chi connectivity index (χ1n) is 8.95. The minimum Gasteiger partial charge on any atom is -0.490 e. The van der Waals surface area contributed by atoms with Crippen LogP contribution < -0.4 is 14.9 Å². The van der Waals surface area contributed by atoms with Crippen LogP contribution in [0.5, 0.6) is 11.5 Å². The molecule has 0 amide bonds. The summed E-state index contributed by atoms with van der Waals surface area (Å²) in [6, 6.07) is 5.59. The molecule has 0 bridgehead atoms. The SMILES string of the molecule is C=C(C)COc1ccc(C=NNc2nc(CC(=O)OCC)cs2)cc1OCC. The average Bonchev–Trinajstić information content (AvgIpc) is 3.08. The van der Waals surface area contributed by atoms with Gasteiger partial charge >= 0.3 is 5.97 Å². The van der Waals surface area contributed by atoms with Crippen molar-refractivity contribution in [2.24, 2.45) is 5.10 Å². The summed E-state index contributed by atoms with van der Waals surface area (Å²) in [5.74, 6) is 1.03. The lowest BCUT2D eigenvalue weighted by atomic mass is 10.2. The van der Waals surface area contributed by atoms with Crippen LogP contribution in [0.2, 0.25) is 0 Å². The molecular formula is C20H25N3O4S. The van der Waals surface area contributed by atoms with Gasteiger partial charge in [-0.2, -0.15) is 5.10 Å². The minimum absolute atomic E-state index is 0.152. The number of carbonyl (C=O) groups is 1. The van der Waals surface area contributed by atoms with Gasteiger partial charge in [-0.15, -0.1) is 11.3 Å². The monoisotopic (exact) mass is 403 g/mol. The van der Waals surface area contributed by atoms with Gasteiger partial charge in [-0.3, -0.25) is 10.2 Å². The summed E-state index contributed by atoms with van der Waals surface area (Å²) in [6.07, 6.45) is 1.82. The van der Waals surface area contributed by atoms with E-state index < -0.39 is 0 Å². The highest BCUT2D eigenvalue weighted by atomic mass is 32.1. The molecule has 8 heteroatoms. The molecule has 1 aromatic heterocycles. The molecule has 1 N–H and O–H groups in total. The maximum Gasteiger partial charge on any atom is 0.311 e. The van der Waals surface area contributed by atoms with Gasteiger partial charge in [-0.05, 0) is 50.1 Å². The molecule has 0 spiro atoms. The van der Waals surface area contributed by atoms with Crippen LogP contribution >= 0.6 is 11.3 Å². The normalized spacial score (nSPS) is 10.7. The van der Waals surface area contributed by atoms with E-state index in [9.17, 15) is 4.79 Å². The number of thiazole rings is 1. The summed E-state index contributed by atoms with van der Waals surface area (Å²) in [5, 5.41) is 6.59. The number of hydrogen-bond donors (Lipinski definition) is 1. The first-order valence-corrected chi connectivity index (χ1v) is 9.82. The molecule has 0 aliphatic carbocycles. The lowest BCUT2D eigenvalue weighted by Gasteiger charge is -2.12. The largest absolute Gasteiger partial charge is 0.490 e. The number of rotatable bonds is 11. The number of nitrogens with one attached hydrogen (secondary N) is 1. The van der Waals surface area contributed by atoms with Gasteiger partial charge in [0.25, 0.3) is 0 Å². The van der Waals surface area contributed by atoms with Crippen LogP contribution in [-0.4, -0.2) is 37.0 Å². The Hall–Kier alpha value is -2.87. The first kappa shape index (κ1) is 21.4. The van der Waals surface area contributed by atoms with Crippen molar-refractivity contribution in [2.45, 2.75) is 27.2 Å². The van der Waals surface area contributed by atoms with Gasteiger partial charge in [0.2, 0.25) is 5.13 Å². The van der Waals surface area contributed by atoms with E-state index in [4.69, 9.17) is 14.2 Å². The minimum atomic E-state index is -0.291. The lowest BCUT2D eigenvalue weighted by Crippen LogP contribution is -2.07. The number of nitrogens with zero attached hydrogens (tertiary/aromatic N) is 2. The second kappa shape index (κ2) is 11.1. The van der Waals surface area contributed by atoms with Crippen LogP contribution in [0.15, 0.2) is 40.8 Å². The summed E-state index contributed by atoms with van der Waals surface area (Å²) in [6.45, 7) is 10.8. The Bertz CT molecular complexity index is 833. The zero-order valence-corrected chi connectivity index (χ0v) is 17.2. The Morgan fingerprint density at radius 2 is 2.11 bits per heavy atom. The molecule has 1 heterocycles. The Morgan fingerprint density at radius 1 is 1.29 bits per heavy atom. The van der Waals surface area contributed by atoms with Gasteiger partial charge in [0.05, 0.1) is 31.5 Å². The third-order valence-corrected chi connectivity index (χ3v) is 4.09. The van der Waals surface area contributed by atoms with Crippen LogP contribution in [0.25, 0.3) is 0 Å². The highest BCUT2D eigenvalue weighted by molar-refractivity contribution is 7.13. The number of hydrazone groups is 1. The van der Waals surface area contributed by atoms with Crippen molar-refractivity contribution in [1.82, 2.24) is 4.98 Å². The van der Waals surface area contributed by atoms with Crippen molar-refractivity contribution >= 4 is 28.7 Å². The van der Waals surface area contributed by atoms with E-state index in [1.807, 2.05) is 32.0 Å². The van der Waals surface area contributed by atoms with Crippen molar-refractivity contribution in [3.63, 3.8) is 0 Å². The van der Waals surface area contributed by atoms with E-state index >= 15 is 0 Å². The second-order valence-corrected chi connectivity index (χ2v) is 6.74. The van der Waals surface area contributed by atoms with E-state index in [-0.39, 0.29) is 12.4 Å². The molecule has 150 valence electrons. The summed E-state index contributed by atoms with van der Waals surface area (Å²) >= 11 is 1.37. The third kappa shape index (κ3) is 7.03. The number of ether oxygens (including phenoxy) is 3. The molecule has 2 rings (SSSR count). The Labute approximate surface area is 169 Å². The quantitative estimate of drug-likeness (QED) is 0.264. The predicted molar refractivity (Wildman–Crippen MR) is 112 cm³/mol. The van der Waals surface area contributed by atoms with Crippen LogP contribution in [-0.2, 0) is 16.0 Å². The summed E-state index contributed by atoms with van der Waals surface area (Å²) in [5.41, 5.74) is 5.30. The predicted octanol–water partition coefficient (Wildman–Crippen LogP) is 4.05. The topological polar surface area (TPSA) is 82.0 Å². The Balaban J connectivity index is 1.98. The van der Waals surface area contributed by atoms with E-state index in [1.165, 1.54) is 11.3 Å². The van der Waals surface area contributed by atoms with Gasteiger partial charge in [0.15, 0.2) is 11.5 Å². The van der Waals surface area contributed by atoms with Gasteiger partial charge < -0.3 is 14.2 Å². The summed E-state index contributed by atoms with van der Waals surface area (Å²) in [4.78, 5) is 15.8. The average molecular weight is 404 g/mol. The van der Waals surface area contributed by atoms with Gasteiger partial charge in [-0.25, -0.2) is 4.98 Å². The van der Waals surface area contributed by atoms with E-state index in [0.717, 1.165) is 11.1 Å². The summed E-state index contributed by atoms with van der Waals surface area (Å²) < 4.78 is 16.3. The standard InChI is InChI=1S/C20H25N3O4S/c1-5-25-18-9-15(7-8-17(18)27-12-14(3)4)11-21-23-20-22-16(13-28-20)10-19(24)26-6-2/h7-9,11,13H,3,5-6,10,12H2,1-2,4H3,(H,22,23).